The van der Waals surface area contributed by atoms with E-state index in [1.165, 1.54) is 19.2 Å². The highest BCUT2D eigenvalue weighted by molar-refractivity contribution is 6.03. The van der Waals surface area contributed by atoms with Crippen molar-refractivity contribution in [2.24, 2.45) is 0 Å². The van der Waals surface area contributed by atoms with Crippen LogP contribution in [0, 0.1) is 6.92 Å². The van der Waals surface area contributed by atoms with Crippen molar-refractivity contribution in [1.29, 1.82) is 0 Å². The summed E-state index contributed by atoms with van der Waals surface area (Å²) >= 11 is 0. The van der Waals surface area contributed by atoms with Crippen LogP contribution in [0.25, 0.3) is 22.3 Å². The quantitative estimate of drug-likeness (QED) is 0.685. The van der Waals surface area contributed by atoms with Gasteiger partial charge in [-0.25, -0.2) is 9.78 Å². The second-order valence-electron chi connectivity index (χ2n) is 4.78. The average Bonchev–Trinajstić information content (AvgIpc) is 2.88. The summed E-state index contributed by atoms with van der Waals surface area (Å²) in [6, 6.07) is 6.19. The van der Waals surface area contributed by atoms with E-state index in [4.69, 9.17) is 4.74 Å². The van der Waals surface area contributed by atoms with Crippen molar-refractivity contribution in [3.63, 3.8) is 0 Å². The number of H-pyrrole nitrogens is 1. The lowest BCUT2D eigenvalue weighted by Crippen LogP contribution is -2.00. The molecule has 0 aliphatic carbocycles. The van der Waals surface area contributed by atoms with Crippen LogP contribution in [-0.4, -0.2) is 38.5 Å². The Bertz CT molecular complexity index is 886. The SMILES string of the molecule is COc1cc(-c2cc(C(=O)O)c3c(C)n[nH]c3n2)ccc1O. The van der Waals surface area contributed by atoms with Gasteiger partial charge in [0.2, 0.25) is 0 Å². The number of hydrogen-bond donors (Lipinski definition) is 3. The number of carboxylic acids is 1. The Hall–Kier alpha value is -3.09. The summed E-state index contributed by atoms with van der Waals surface area (Å²) in [6.07, 6.45) is 0. The zero-order valence-electron chi connectivity index (χ0n) is 11.9. The number of methoxy groups -OCH3 is 1. The molecule has 0 fully saturated rings. The Morgan fingerprint density at radius 3 is 2.77 bits per heavy atom. The maximum atomic E-state index is 11.5. The van der Waals surface area contributed by atoms with Gasteiger partial charge in [-0.1, -0.05) is 0 Å². The molecule has 112 valence electrons. The number of nitrogens with one attached hydrogen (secondary N) is 1. The molecular weight excluding hydrogens is 286 g/mol. The number of phenols is 1. The molecule has 1 aromatic carbocycles. The van der Waals surface area contributed by atoms with Crippen LogP contribution in [0.15, 0.2) is 24.3 Å². The zero-order chi connectivity index (χ0) is 15.9. The Labute approximate surface area is 125 Å². The highest BCUT2D eigenvalue weighted by Gasteiger charge is 2.17. The molecule has 0 unspecified atom stereocenters. The van der Waals surface area contributed by atoms with E-state index >= 15 is 0 Å². The average molecular weight is 299 g/mol. The maximum Gasteiger partial charge on any atom is 0.336 e. The minimum atomic E-state index is -1.05. The summed E-state index contributed by atoms with van der Waals surface area (Å²) < 4.78 is 5.06. The molecule has 0 saturated carbocycles. The summed E-state index contributed by atoms with van der Waals surface area (Å²) in [7, 11) is 1.44. The number of aromatic amines is 1. The number of aromatic hydroxyl groups is 1. The highest BCUT2D eigenvalue weighted by atomic mass is 16.5. The minimum Gasteiger partial charge on any atom is -0.504 e. The largest absolute Gasteiger partial charge is 0.504 e. The number of ether oxygens (including phenoxy) is 1. The number of carboxylic acid groups (broad SMARTS) is 1. The fourth-order valence-electron chi connectivity index (χ4n) is 2.34. The molecule has 7 nitrogen and oxygen atoms in total. The number of aromatic nitrogens is 3. The van der Waals surface area contributed by atoms with E-state index in [1.807, 2.05) is 0 Å². The fraction of sp³-hybridized carbons (Fsp3) is 0.133. The Balaban J connectivity index is 2.26. The predicted molar refractivity (Wildman–Crippen MR) is 79.2 cm³/mol. The standard InChI is InChI=1S/C15H13N3O4/c1-7-13-9(15(20)21)6-10(16-14(13)18-17-7)8-3-4-11(19)12(5-8)22-2/h3-6,19H,1-2H3,(H,20,21)(H,16,17,18). The van der Waals surface area contributed by atoms with Crippen molar-refractivity contribution >= 4 is 17.0 Å². The molecule has 0 saturated heterocycles. The van der Waals surface area contributed by atoms with Gasteiger partial charge in [-0.2, -0.15) is 5.10 Å². The normalized spacial score (nSPS) is 10.8. The molecule has 0 spiro atoms. The second-order valence-corrected chi connectivity index (χ2v) is 4.78. The first-order valence-corrected chi connectivity index (χ1v) is 6.47. The molecular formula is C15H13N3O4. The lowest BCUT2D eigenvalue weighted by atomic mass is 10.1. The number of rotatable bonds is 3. The Morgan fingerprint density at radius 1 is 1.32 bits per heavy atom. The number of aryl methyl sites for hydroxylation is 1. The van der Waals surface area contributed by atoms with Crippen LogP contribution >= 0.6 is 0 Å². The van der Waals surface area contributed by atoms with Gasteiger partial charge in [-0.15, -0.1) is 0 Å². The van der Waals surface area contributed by atoms with Gasteiger partial charge in [0, 0.05) is 5.56 Å². The molecule has 2 aromatic heterocycles. The summed E-state index contributed by atoms with van der Waals surface area (Å²) in [5.74, 6) is -0.760. The van der Waals surface area contributed by atoms with Crippen LogP contribution in [0.2, 0.25) is 0 Å². The van der Waals surface area contributed by atoms with Gasteiger partial charge < -0.3 is 14.9 Å². The predicted octanol–water partition coefficient (Wildman–Crippen LogP) is 2.35. The topological polar surface area (TPSA) is 108 Å². The van der Waals surface area contributed by atoms with Gasteiger partial charge in [-0.3, -0.25) is 5.10 Å². The van der Waals surface area contributed by atoms with E-state index in [0.29, 0.717) is 28.0 Å². The van der Waals surface area contributed by atoms with Crippen molar-refractivity contribution in [2.45, 2.75) is 6.92 Å². The first-order chi connectivity index (χ1) is 10.5. The van der Waals surface area contributed by atoms with E-state index in [-0.39, 0.29) is 17.1 Å². The van der Waals surface area contributed by atoms with Crippen molar-refractivity contribution < 1.29 is 19.7 Å². The number of benzene rings is 1. The summed E-state index contributed by atoms with van der Waals surface area (Å²) in [4.78, 5) is 15.9. The number of phenolic OH excluding ortho intramolecular Hbond substituents is 1. The van der Waals surface area contributed by atoms with Gasteiger partial charge in [-0.05, 0) is 31.2 Å². The molecule has 3 rings (SSSR count). The third-order valence-electron chi connectivity index (χ3n) is 3.42. The summed E-state index contributed by atoms with van der Waals surface area (Å²) in [5, 5.41) is 26.3. The maximum absolute atomic E-state index is 11.5. The fourth-order valence-corrected chi connectivity index (χ4v) is 2.34. The summed E-state index contributed by atoms with van der Waals surface area (Å²) in [6.45, 7) is 1.72. The lowest BCUT2D eigenvalue weighted by molar-refractivity contribution is 0.0699. The van der Waals surface area contributed by atoms with Gasteiger partial charge in [0.25, 0.3) is 0 Å². The molecule has 3 N–H and O–H groups in total. The number of hydrogen-bond acceptors (Lipinski definition) is 5. The van der Waals surface area contributed by atoms with Crippen LogP contribution < -0.4 is 4.74 Å². The van der Waals surface area contributed by atoms with Crippen molar-refractivity contribution in [3.8, 4) is 22.8 Å². The molecule has 22 heavy (non-hydrogen) atoms. The van der Waals surface area contributed by atoms with Crippen LogP contribution in [0.1, 0.15) is 16.1 Å². The van der Waals surface area contributed by atoms with E-state index in [1.54, 1.807) is 19.1 Å². The van der Waals surface area contributed by atoms with Crippen LogP contribution in [0.5, 0.6) is 11.5 Å². The Morgan fingerprint density at radius 2 is 2.09 bits per heavy atom. The third-order valence-corrected chi connectivity index (χ3v) is 3.42. The van der Waals surface area contributed by atoms with Crippen molar-refractivity contribution in [3.05, 3.63) is 35.5 Å². The van der Waals surface area contributed by atoms with Crippen molar-refractivity contribution in [2.75, 3.05) is 7.11 Å². The van der Waals surface area contributed by atoms with E-state index in [9.17, 15) is 15.0 Å². The molecule has 2 heterocycles. The highest BCUT2D eigenvalue weighted by Crippen LogP contribution is 2.32. The number of fused-ring (bicyclic) bond motifs is 1. The second kappa shape index (κ2) is 5.03. The van der Waals surface area contributed by atoms with E-state index in [0.717, 1.165) is 0 Å². The minimum absolute atomic E-state index is 0.00294. The third kappa shape index (κ3) is 2.12. The zero-order valence-corrected chi connectivity index (χ0v) is 11.9. The number of aromatic carboxylic acids is 1. The van der Waals surface area contributed by atoms with E-state index < -0.39 is 5.97 Å². The van der Waals surface area contributed by atoms with Crippen LogP contribution in [0.3, 0.4) is 0 Å². The molecule has 0 bridgehead atoms. The van der Waals surface area contributed by atoms with Gasteiger partial charge >= 0.3 is 5.97 Å². The van der Waals surface area contributed by atoms with Gasteiger partial charge in [0.1, 0.15) is 0 Å². The van der Waals surface area contributed by atoms with E-state index in [2.05, 4.69) is 15.2 Å². The van der Waals surface area contributed by atoms with Crippen molar-refractivity contribution in [1.82, 2.24) is 15.2 Å². The van der Waals surface area contributed by atoms with Gasteiger partial charge in [0.15, 0.2) is 17.1 Å². The molecule has 0 aliphatic rings. The molecule has 0 atom stereocenters. The molecule has 0 aliphatic heterocycles. The first kappa shape index (κ1) is 13.9. The number of carbonyl (C=O) groups is 1. The first-order valence-electron chi connectivity index (χ1n) is 6.47. The van der Waals surface area contributed by atoms with Gasteiger partial charge in [0.05, 0.1) is 29.4 Å². The number of pyridine rings is 1. The number of nitrogens with zero attached hydrogens (tertiary/aromatic N) is 2. The smallest absolute Gasteiger partial charge is 0.336 e. The van der Waals surface area contributed by atoms with Crippen LogP contribution in [0.4, 0.5) is 0 Å². The molecule has 3 aromatic rings. The molecule has 0 amide bonds. The van der Waals surface area contributed by atoms with Crippen LogP contribution in [-0.2, 0) is 0 Å². The monoisotopic (exact) mass is 299 g/mol. The lowest BCUT2D eigenvalue weighted by Gasteiger charge is -2.08. The Kier molecular flexibility index (Phi) is 3.17. The summed E-state index contributed by atoms with van der Waals surface area (Å²) in [5.41, 5.74) is 2.19. The molecule has 0 radical (unpaired) electrons. The molecule has 7 heteroatoms.